The van der Waals surface area contributed by atoms with E-state index in [0.29, 0.717) is 23.8 Å². The van der Waals surface area contributed by atoms with Gasteiger partial charge in [-0.05, 0) is 6.42 Å². The standard InChI is InChI=1S/C10H17N3O2S2/c1-7(17(2)15)3-4-12-9(14)5-8-6-16-10(11)13-8/h6-7H,3-5H2,1-2H3,(H2,11,13)(H,12,14). The maximum atomic E-state index is 11.5. The van der Waals surface area contributed by atoms with Crippen molar-refractivity contribution in [3.8, 4) is 0 Å². The van der Waals surface area contributed by atoms with Gasteiger partial charge >= 0.3 is 0 Å². The fraction of sp³-hybridized carbons (Fsp3) is 0.600. The second-order valence-electron chi connectivity index (χ2n) is 3.80. The minimum absolute atomic E-state index is 0.0793. The second kappa shape index (κ2) is 6.70. The number of rotatable bonds is 6. The molecule has 1 aromatic rings. The van der Waals surface area contributed by atoms with Gasteiger partial charge in [0.25, 0.3) is 0 Å². The lowest BCUT2D eigenvalue weighted by molar-refractivity contribution is -0.120. The number of nitrogens with zero attached hydrogens (tertiary/aromatic N) is 1. The SMILES string of the molecule is CC(CCNC(=O)Cc1csc(N)n1)S(C)=O. The first-order chi connectivity index (χ1) is 7.99. The van der Waals surface area contributed by atoms with Gasteiger partial charge in [0.05, 0.1) is 12.1 Å². The number of nitrogen functional groups attached to an aromatic ring is 1. The fourth-order valence-electron chi connectivity index (χ4n) is 1.21. The van der Waals surface area contributed by atoms with Crippen LogP contribution in [0.25, 0.3) is 0 Å². The van der Waals surface area contributed by atoms with Crippen LogP contribution in [0, 0.1) is 0 Å². The Bertz CT molecular complexity index is 406. The van der Waals surface area contributed by atoms with E-state index in [1.54, 1.807) is 11.6 Å². The summed E-state index contributed by atoms with van der Waals surface area (Å²) in [5.74, 6) is -0.0793. The highest BCUT2D eigenvalue weighted by molar-refractivity contribution is 7.84. The average Bonchev–Trinajstić information content (AvgIpc) is 2.63. The van der Waals surface area contributed by atoms with Gasteiger partial charge in [-0.3, -0.25) is 9.00 Å². The van der Waals surface area contributed by atoms with Crippen LogP contribution in [0.1, 0.15) is 19.0 Å². The molecule has 1 heterocycles. The Kier molecular flexibility index (Phi) is 5.57. The molecule has 0 aliphatic rings. The van der Waals surface area contributed by atoms with E-state index in [1.807, 2.05) is 6.92 Å². The maximum absolute atomic E-state index is 11.5. The molecule has 0 saturated carbocycles. The smallest absolute Gasteiger partial charge is 0.226 e. The van der Waals surface area contributed by atoms with Crippen LogP contribution < -0.4 is 11.1 Å². The molecule has 17 heavy (non-hydrogen) atoms. The van der Waals surface area contributed by atoms with Gasteiger partial charge in [0, 0.05) is 34.2 Å². The van der Waals surface area contributed by atoms with E-state index in [2.05, 4.69) is 10.3 Å². The molecule has 0 radical (unpaired) electrons. The Hall–Kier alpha value is -0.950. The topological polar surface area (TPSA) is 85.1 Å². The number of carbonyl (C=O) groups is 1. The Morgan fingerprint density at radius 1 is 1.71 bits per heavy atom. The lowest BCUT2D eigenvalue weighted by atomic mass is 10.3. The van der Waals surface area contributed by atoms with E-state index < -0.39 is 10.8 Å². The molecule has 0 spiro atoms. The summed E-state index contributed by atoms with van der Waals surface area (Å²) in [6.45, 7) is 2.45. The number of nitrogens with one attached hydrogen (secondary N) is 1. The largest absolute Gasteiger partial charge is 0.375 e. The van der Waals surface area contributed by atoms with Crippen molar-refractivity contribution >= 4 is 33.2 Å². The number of thiazole rings is 1. The van der Waals surface area contributed by atoms with Crippen molar-refractivity contribution in [1.82, 2.24) is 10.3 Å². The van der Waals surface area contributed by atoms with E-state index in [1.165, 1.54) is 11.3 Å². The molecular weight excluding hydrogens is 258 g/mol. The van der Waals surface area contributed by atoms with Crippen LogP contribution in [-0.2, 0) is 22.0 Å². The summed E-state index contributed by atoms with van der Waals surface area (Å²) in [6.07, 6.45) is 2.63. The molecule has 0 aliphatic carbocycles. The second-order valence-corrected chi connectivity index (χ2v) is 6.49. The number of aromatic nitrogens is 1. The van der Waals surface area contributed by atoms with Gasteiger partial charge in [0.15, 0.2) is 5.13 Å². The quantitative estimate of drug-likeness (QED) is 0.793. The van der Waals surface area contributed by atoms with E-state index in [4.69, 9.17) is 5.73 Å². The van der Waals surface area contributed by atoms with E-state index in [9.17, 15) is 9.00 Å². The molecule has 3 N–H and O–H groups in total. The molecular formula is C10H17N3O2S2. The molecule has 2 unspecified atom stereocenters. The minimum atomic E-state index is -0.838. The third-order valence-corrected chi connectivity index (χ3v) is 4.44. The lowest BCUT2D eigenvalue weighted by Gasteiger charge is -2.08. The van der Waals surface area contributed by atoms with E-state index >= 15 is 0 Å². The minimum Gasteiger partial charge on any atom is -0.375 e. The van der Waals surface area contributed by atoms with Crippen molar-refractivity contribution in [2.45, 2.75) is 25.0 Å². The summed E-state index contributed by atoms with van der Waals surface area (Å²) in [7, 11) is -0.838. The van der Waals surface area contributed by atoms with Crippen molar-refractivity contribution in [1.29, 1.82) is 0 Å². The summed E-state index contributed by atoms with van der Waals surface area (Å²) in [4.78, 5) is 15.5. The highest BCUT2D eigenvalue weighted by Crippen LogP contribution is 2.11. The molecule has 1 rings (SSSR count). The molecule has 1 amide bonds. The molecule has 96 valence electrons. The maximum Gasteiger partial charge on any atom is 0.226 e. The van der Waals surface area contributed by atoms with Gasteiger partial charge in [0.1, 0.15) is 0 Å². The lowest BCUT2D eigenvalue weighted by Crippen LogP contribution is -2.28. The summed E-state index contributed by atoms with van der Waals surface area (Å²) >= 11 is 1.33. The van der Waals surface area contributed by atoms with Crippen molar-refractivity contribution in [3.05, 3.63) is 11.1 Å². The van der Waals surface area contributed by atoms with Gasteiger partial charge in [0.2, 0.25) is 5.91 Å². The van der Waals surface area contributed by atoms with Gasteiger partial charge < -0.3 is 11.1 Å². The molecule has 0 aliphatic heterocycles. The zero-order chi connectivity index (χ0) is 12.8. The predicted octanol–water partition coefficient (Wildman–Crippen LogP) is 0.541. The molecule has 7 heteroatoms. The Balaban J connectivity index is 2.24. The van der Waals surface area contributed by atoms with E-state index in [-0.39, 0.29) is 17.6 Å². The highest BCUT2D eigenvalue weighted by Gasteiger charge is 2.09. The zero-order valence-electron chi connectivity index (χ0n) is 9.93. The van der Waals surface area contributed by atoms with Crippen LogP contribution in [0.4, 0.5) is 5.13 Å². The fourth-order valence-corrected chi connectivity index (χ4v) is 2.22. The third kappa shape index (κ3) is 5.27. The van der Waals surface area contributed by atoms with Crippen LogP contribution in [-0.4, -0.2) is 33.2 Å². The molecule has 0 bridgehead atoms. The van der Waals surface area contributed by atoms with Crippen LogP contribution in [0.2, 0.25) is 0 Å². The summed E-state index contributed by atoms with van der Waals surface area (Å²) in [5, 5.41) is 5.13. The Morgan fingerprint density at radius 2 is 2.41 bits per heavy atom. The van der Waals surface area contributed by atoms with Crippen LogP contribution >= 0.6 is 11.3 Å². The summed E-state index contributed by atoms with van der Waals surface area (Å²) < 4.78 is 11.1. The Labute approximate surface area is 107 Å². The molecule has 2 atom stereocenters. The van der Waals surface area contributed by atoms with Crippen LogP contribution in [0.5, 0.6) is 0 Å². The molecule has 0 aromatic carbocycles. The molecule has 0 saturated heterocycles. The first-order valence-electron chi connectivity index (χ1n) is 5.28. The normalized spacial score (nSPS) is 14.2. The predicted molar refractivity (Wildman–Crippen MR) is 71.4 cm³/mol. The number of nitrogens with two attached hydrogens (primary N) is 1. The average molecular weight is 275 g/mol. The van der Waals surface area contributed by atoms with Crippen molar-refractivity contribution in [2.24, 2.45) is 0 Å². The van der Waals surface area contributed by atoms with Crippen molar-refractivity contribution in [2.75, 3.05) is 18.5 Å². The van der Waals surface area contributed by atoms with Crippen molar-refractivity contribution < 1.29 is 9.00 Å². The number of hydrogen-bond donors (Lipinski definition) is 2. The summed E-state index contributed by atoms with van der Waals surface area (Å²) in [6, 6.07) is 0. The van der Waals surface area contributed by atoms with Crippen molar-refractivity contribution in [3.63, 3.8) is 0 Å². The summed E-state index contributed by atoms with van der Waals surface area (Å²) in [5.41, 5.74) is 6.16. The van der Waals surface area contributed by atoms with Gasteiger partial charge in [-0.1, -0.05) is 6.92 Å². The number of anilines is 1. The molecule has 5 nitrogen and oxygen atoms in total. The molecule has 1 aromatic heterocycles. The number of hydrogen-bond acceptors (Lipinski definition) is 5. The third-order valence-electron chi connectivity index (χ3n) is 2.35. The number of amides is 1. The van der Waals surface area contributed by atoms with Crippen LogP contribution in [0.3, 0.4) is 0 Å². The first kappa shape index (κ1) is 14.1. The van der Waals surface area contributed by atoms with Gasteiger partial charge in [-0.2, -0.15) is 0 Å². The Morgan fingerprint density at radius 3 is 2.94 bits per heavy atom. The van der Waals surface area contributed by atoms with Crippen LogP contribution in [0.15, 0.2) is 5.38 Å². The van der Waals surface area contributed by atoms with E-state index in [0.717, 1.165) is 0 Å². The highest BCUT2D eigenvalue weighted by atomic mass is 32.2. The number of carbonyl (C=O) groups excluding carboxylic acids is 1. The monoisotopic (exact) mass is 275 g/mol. The zero-order valence-corrected chi connectivity index (χ0v) is 11.6. The van der Waals surface area contributed by atoms with Gasteiger partial charge in [-0.15, -0.1) is 11.3 Å². The van der Waals surface area contributed by atoms with Gasteiger partial charge in [-0.25, -0.2) is 4.98 Å². The molecule has 0 fully saturated rings. The first-order valence-corrected chi connectivity index (χ1v) is 7.78.